The fourth-order valence-electron chi connectivity index (χ4n) is 0.950. The molecule has 0 aliphatic rings. The first kappa shape index (κ1) is 9.75. The van der Waals surface area contributed by atoms with Gasteiger partial charge in [-0.05, 0) is 14.0 Å². The fraction of sp³-hybridized carbons (Fsp3) is 0.556. The molecule has 1 heterocycles. The molecule has 0 amide bonds. The molecule has 1 aromatic heterocycles. The van der Waals surface area contributed by atoms with Crippen LogP contribution in [0.4, 0.5) is 0 Å². The number of aromatic nitrogens is 2. The minimum Gasteiger partial charge on any atom is -0.424 e. The molecule has 1 atom stereocenters. The van der Waals surface area contributed by atoms with Gasteiger partial charge in [-0.15, -0.1) is 16.6 Å². The van der Waals surface area contributed by atoms with Gasteiger partial charge in [0.1, 0.15) is 0 Å². The lowest BCUT2D eigenvalue weighted by Gasteiger charge is -2.18. The van der Waals surface area contributed by atoms with Crippen LogP contribution >= 0.6 is 0 Å². The zero-order valence-corrected chi connectivity index (χ0v) is 8.11. The van der Waals surface area contributed by atoms with Gasteiger partial charge in [-0.3, -0.25) is 4.90 Å². The van der Waals surface area contributed by atoms with Crippen molar-refractivity contribution in [1.82, 2.24) is 15.1 Å². The average molecular weight is 179 g/mol. The highest BCUT2D eigenvalue weighted by Gasteiger charge is 2.16. The average Bonchev–Trinajstić information content (AvgIpc) is 2.51. The Hall–Kier alpha value is -1.34. The molecule has 0 bridgehead atoms. The number of nitrogens with zero attached hydrogens (tertiary/aromatic N) is 3. The Kier molecular flexibility index (Phi) is 3.04. The molecule has 4 heteroatoms. The smallest absolute Gasteiger partial charge is 0.233 e. The Morgan fingerprint density at radius 1 is 1.62 bits per heavy atom. The van der Waals surface area contributed by atoms with Gasteiger partial charge >= 0.3 is 0 Å². The molecule has 0 aliphatic heterocycles. The molecule has 1 unspecified atom stereocenters. The zero-order valence-electron chi connectivity index (χ0n) is 8.11. The molecule has 1 rings (SSSR count). The summed E-state index contributed by atoms with van der Waals surface area (Å²) in [6.07, 6.45) is 5.19. The number of rotatable bonds is 3. The third-order valence-electron chi connectivity index (χ3n) is 1.90. The van der Waals surface area contributed by atoms with Crippen molar-refractivity contribution >= 4 is 0 Å². The van der Waals surface area contributed by atoms with E-state index in [1.165, 1.54) is 0 Å². The lowest BCUT2D eigenvalue weighted by molar-refractivity contribution is 0.246. The van der Waals surface area contributed by atoms with Crippen LogP contribution in [-0.4, -0.2) is 28.7 Å². The van der Waals surface area contributed by atoms with Crippen molar-refractivity contribution < 1.29 is 4.42 Å². The maximum Gasteiger partial charge on any atom is 0.233 e. The van der Waals surface area contributed by atoms with Crippen LogP contribution in [0.1, 0.15) is 24.7 Å². The highest BCUT2D eigenvalue weighted by Crippen LogP contribution is 2.15. The van der Waals surface area contributed by atoms with Crippen molar-refractivity contribution in [3.8, 4) is 12.3 Å². The molecule has 0 spiro atoms. The predicted octanol–water partition coefficient (Wildman–Crippen LogP) is 1.00. The van der Waals surface area contributed by atoms with Crippen molar-refractivity contribution in [2.75, 3.05) is 13.6 Å². The molecule has 13 heavy (non-hydrogen) atoms. The molecule has 0 saturated heterocycles. The molecule has 0 radical (unpaired) electrons. The van der Waals surface area contributed by atoms with Crippen molar-refractivity contribution in [3.63, 3.8) is 0 Å². The van der Waals surface area contributed by atoms with Crippen LogP contribution in [0, 0.1) is 19.3 Å². The fourth-order valence-corrected chi connectivity index (χ4v) is 0.950. The summed E-state index contributed by atoms with van der Waals surface area (Å²) < 4.78 is 5.28. The first-order chi connectivity index (χ1) is 6.15. The molecule has 0 aromatic carbocycles. The highest BCUT2D eigenvalue weighted by atomic mass is 16.4. The molecule has 0 N–H and O–H groups in total. The Bertz CT molecular complexity index is 313. The summed E-state index contributed by atoms with van der Waals surface area (Å²) in [5.41, 5.74) is 0. The van der Waals surface area contributed by atoms with Gasteiger partial charge in [0.2, 0.25) is 11.8 Å². The van der Waals surface area contributed by atoms with Crippen LogP contribution in [0.5, 0.6) is 0 Å². The van der Waals surface area contributed by atoms with Crippen LogP contribution in [0.15, 0.2) is 4.42 Å². The Labute approximate surface area is 77.9 Å². The standard InChI is InChI=1S/C9H13N3O/c1-5-6-12(4)7(2)9-11-10-8(3)13-9/h1,7H,6H2,2-4H3. The van der Waals surface area contributed by atoms with Crippen LogP contribution < -0.4 is 0 Å². The van der Waals surface area contributed by atoms with E-state index in [4.69, 9.17) is 10.8 Å². The molecule has 70 valence electrons. The van der Waals surface area contributed by atoms with E-state index >= 15 is 0 Å². The van der Waals surface area contributed by atoms with E-state index in [0.717, 1.165) is 0 Å². The largest absolute Gasteiger partial charge is 0.424 e. The van der Waals surface area contributed by atoms with E-state index in [9.17, 15) is 0 Å². The highest BCUT2D eigenvalue weighted by molar-refractivity contribution is 4.93. The van der Waals surface area contributed by atoms with Gasteiger partial charge in [0, 0.05) is 6.92 Å². The van der Waals surface area contributed by atoms with Gasteiger partial charge < -0.3 is 4.42 Å². The summed E-state index contributed by atoms with van der Waals surface area (Å²) in [7, 11) is 1.92. The quantitative estimate of drug-likeness (QED) is 0.649. The Morgan fingerprint density at radius 3 is 2.77 bits per heavy atom. The summed E-state index contributed by atoms with van der Waals surface area (Å²) in [6.45, 7) is 4.32. The van der Waals surface area contributed by atoms with E-state index < -0.39 is 0 Å². The van der Waals surface area contributed by atoms with Crippen molar-refractivity contribution in [2.45, 2.75) is 19.9 Å². The lowest BCUT2D eigenvalue weighted by atomic mass is 10.3. The summed E-state index contributed by atoms with van der Waals surface area (Å²) in [5.74, 6) is 3.75. The number of hydrogen-bond acceptors (Lipinski definition) is 4. The number of terminal acetylenes is 1. The summed E-state index contributed by atoms with van der Waals surface area (Å²) in [5, 5.41) is 7.68. The van der Waals surface area contributed by atoms with E-state index in [-0.39, 0.29) is 6.04 Å². The number of hydrogen-bond donors (Lipinski definition) is 0. The first-order valence-corrected chi connectivity index (χ1v) is 4.09. The second-order valence-corrected chi connectivity index (χ2v) is 2.95. The van der Waals surface area contributed by atoms with Crippen LogP contribution in [0.25, 0.3) is 0 Å². The van der Waals surface area contributed by atoms with E-state index in [1.54, 1.807) is 6.92 Å². The summed E-state index contributed by atoms with van der Waals surface area (Å²) in [6, 6.07) is 0.0669. The van der Waals surface area contributed by atoms with Gasteiger partial charge in [-0.2, -0.15) is 0 Å². The summed E-state index contributed by atoms with van der Waals surface area (Å²) in [4.78, 5) is 1.97. The minimum absolute atomic E-state index is 0.0669. The second-order valence-electron chi connectivity index (χ2n) is 2.95. The first-order valence-electron chi connectivity index (χ1n) is 4.09. The topological polar surface area (TPSA) is 42.2 Å². The Morgan fingerprint density at radius 2 is 2.31 bits per heavy atom. The van der Waals surface area contributed by atoms with Crippen LogP contribution in [0.3, 0.4) is 0 Å². The monoisotopic (exact) mass is 179 g/mol. The SMILES string of the molecule is C#CCN(C)C(C)c1nnc(C)o1. The van der Waals surface area contributed by atoms with Crippen molar-refractivity contribution in [1.29, 1.82) is 0 Å². The molecule has 0 saturated carbocycles. The summed E-state index contributed by atoms with van der Waals surface area (Å²) >= 11 is 0. The van der Waals surface area contributed by atoms with Crippen molar-refractivity contribution in [2.24, 2.45) is 0 Å². The molecular formula is C9H13N3O. The maximum atomic E-state index is 5.28. The Balaban J connectivity index is 2.68. The minimum atomic E-state index is 0.0669. The molecule has 0 aliphatic carbocycles. The maximum absolute atomic E-state index is 5.28. The molecule has 0 fully saturated rings. The van der Waals surface area contributed by atoms with Gasteiger partial charge in [-0.25, -0.2) is 0 Å². The second kappa shape index (κ2) is 4.06. The third-order valence-corrected chi connectivity index (χ3v) is 1.90. The van der Waals surface area contributed by atoms with E-state index in [2.05, 4.69) is 16.1 Å². The predicted molar refractivity (Wildman–Crippen MR) is 48.9 cm³/mol. The van der Waals surface area contributed by atoms with E-state index in [0.29, 0.717) is 18.3 Å². The van der Waals surface area contributed by atoms with Gasteiger partial charge in [-0.1, -0.05) is 5.92 Å². The number of aryl methyl sites for hydroxylation is 1. The van der Waals surface area contributed by atoms with Crippen LogP contribution in [0.2, 0.25) is 0 Å². The normalized spacial score (nSPS) is 12.8. The molecule has 4 nitrogen and oxygen atoms in total. The van der Waals surface area contributed by atoms with Gasteiger partial charge in [0.15, 0.2) is 0 Å². The van der Waals surface area contributed by atoms with Crippen LogP contribution in [-0.2, 0) is 0 Å². The zero-order chi connectivity index (χ0) is 9.84. The molecular weight excluding hydrogens is 166 g/mol. The van der Waals surface area contributed by atoms with Gasteiger partial charge in [0.25, 0.3) is 0 Å². The van der Waals surface area contributed by atoms with Gasteiger partial charge in [0.05, 0.1) is 12.6 Å². The van der Waals surface area contributed by atoms with E-state index in [1.807, 2.05) is 18.9 Å². The molecule has 1 aromatic rings. The van der Waals surface area contributed by atoms with Crippen molar-refractivity contribution in [3.05, 3.63) is 11.8 Å². The third kappa shape index (κ3) is 2.30. The lowest BCUT2D eigenvalue weighted by Crippen LogP contribution is -2.22.